The van der Waals surface area contributed by atoms with Crippen molar-refractivity contribution in [1.82, 2.24) is 0 Å². The Balaban J connectivity index is 2.41. The quantitative estimate of drug-likeness (QED) is 0.562. The van der Waals surface area contributed by atoms with E-state index in [-0.39, 0.29) is 0 Å². The molecule has 1 aliphatic rings. The summed E-state index contributed by atoms with van der Waals surface area (Å²) in [6.45, 7) is 1.30. The standard InChI is InChI=1S/C8H9BNO/c10-4-6-1-2-8-7(3-6)5-11-9-8/h1-3H,4-5,10H2. The summed E-state index contributed by atoms with van der Waals surface area (Å²) in [7, 11) is 1.79. The van der Waals surface area contributed by atoms with Gasteiger partial charge in [-0.25, -0.2) is 0 Å². The molecule has 0 unspecified atom stereocenters. The second kappa shape index (κ2) is 2.68. The lowest BCUT2D eigenvalue weighted by Crippen LogP contribution is -2.11. The maximum Gasteiger partial charge on any atom is 0.330 e. The first-order valence-electron chi connectivity index (χ1n) is 3.67. The van der Waals surface area contributed by atoms with Crippen LogP contribution >= 0.6 is 0 Å². The van der Waals surface area contributed by atoms with Crippen LogP contribution in [0.3, 0.4) is 0 Å². The second-order valence-electron chi connectivity index (χ2n) is 2.67. The Morgan fingerprint density at radius 3 is 3.27 bits per heavy atom. The Bertz CT molecular complexity index is 275. The van der Waals surface area contributed by atoms with Gasteiger partial charge in [0.1, 0.15) is 0 Å². The van der Waals surface area contributed by atoms with Crippen molar-refractivity contribution in [1.29, 1.82) is 0 Å². The highest BCUT2D eigenvalue weighted by Crippen LogP contribution is 2.07. The molecule has 1 aromatic carbocycles. The molecular weight excluding hydrogens is 137 g/mol. The van der Waals surface area contributed by atoms with E-state index < -0.39 is 0 Å². The molecule has 1 radical (unpaired) electrons. The lowest BCUT2D eigenvalue weighted by molar-refractivity contribution is 0.345. The van der Waals surface area contributed by atoms with E-state index in [4.69, 9.17) is 10.4 Å². The normalized spacial score (nSPS) is 14.3. The van der Waals surface area contributed by atoms with Gasteiger partial charge in [-0.1, -0.05) is 18.2 Å². The molecule has 2 rings (SSSR count). The van der Waals surface area contributed by atoms with E-state index in [0.29, 0.717) is 13.2 Å². The first-order chi connectivity index (χ1) is 5.40. The van der Waals surface area contributed by atoms with Gasteiger partial charge in [0.05, 0.1) is 6.61 Å². The first kappa shape index (κ1) is 6.89. The largest absolute Gasteiger partial charge is 0.430 e. The molecule has 0 aliphatic carbocycles. The molecule has 1 heterocycles. The van der Waals surface area contributed by atoms with E-state index in [2.05, 4.69) is 6.07 Å². The van der Waals surface area contributed by atoms with Crippen LogP contribution in [-0.4, -0.2) is 7.48 Å². The average molecular weight is 146 g/mol. The van der Waals surface area contributed by atoms with Gasteiger partial charge in [-0.2, -0.15) is 0 Å². The average Bonchev–Trinajstić information content (AvgIpc) is 2.50. The molecule has 11 heavy (non-hydrogen) atoms. The van der Waals surface area contributed by atoms with Crippen LogP contribution in [0.25, 0.3) is 0 Å². The monoisotopic (exact) mass is 146 g/mol. The van der Waals surface area contributed by atoms with E-state index >= 15 is 0 Å². The first-order valence-corrected chi connectivity index (χ1v) is 3.67. The Kier molecular flexibility index (Phi) is 1.68. The van der Waals surface area contributed by atoms with Crippen molar-refractivity contribution in [3.8, 4) is 0 Å². The summed E-state index contributed by atoms with van der Waals surface area (Å²) in [6, 6.07) is 6.17. The Labute approximate surface area is 66.6 Å². The second-order valence-corrected chi connectivity index (χ2v) is 2.67. The van der Waals surface area contributed by atoms with Gasteiger partial charge in [-0.15, -0.1) is 0 Å². The highest BCUT2D eigenvalue weighted by Gasteiger charge is 2.12. The number of fused-ring (bicyclic) bond motifs is 1. The minimum absolute atomic E-state index is 0.604. The molecule has 0 fully saturated rings. The van der Waals surface area contributed by atoms with Crippen LogP contribution in [0.2, 0.25) is 0 Å². The summed E-state index contributed by atoms with van der Waals surface area (Å²) in [6.07, 6.45) is 0. The van der Waals surface area contributed by atoms with Crippen molar-refractivity contribution in [3.63, 3.8) is 0 Å². The zero-order chi connectivity index (χ0) is 7.68. The minimum atomic E-state index is 0.604. The summed E-state index contributed by atoms with van der Waals surface area (Å²) in [5.74, 6) is 0. The van der Waals surface area contributed by atoms with Gasteiger partial charge in [-0.05, 0) is 16.6 Å². The van der Waals surface area contributed by atoms with Crippen LogP contribution in [0.5, 0.6) is 0 Å². The molecule has 2 nitrogen and oxygen atoms in total. The van der Waals surface area contributed by atoms with Crippen LogP contribution in [0, 0.1) is 0 Å². The number of hydrogen-bond acceptors (Lipinski definition) is 2. The SMILES string of the molecule is NCc1ccc2c(c1)CO[B]2. The minimum Gasteiger partial charge on any atom is -0.430 e. The topological polar surface area (TPSA) is 35.2 Å². The van der Waals surface area contributed by atoms with Gasteiger partial charge in [-0.3, -0.25) is 0 Å². The third-order valence-electron chi connectivity index (χ3n) is 1.89. The van der Waals surface area contributed by atoms with E-state index in [9.17, 15) is 0 Å². The van der Waals surface area contributed by atoms with Crippen LogP contribution in [-0.2, 0) is 17.8 Å². The van der Waals surface area contributed by atoms with Crippen LogP contribution in [0.1, 0.15) is 11.1 Å². The van der Waals surface area contributed by atoms with E-state index in [1.807, 2.05) is 12.1 Å². The molecule has 0 aromatic heterocycles. The summed E-state index contributed by atoms with van der Waals surface area (Å²) >= 11 is 0. The van der Waals surface area contributed by atoms with Gasteiger partial charge in [0, 0.05) is 6.54 Å². The Morgan fingerprint density at radius 1 is 1.55 bits per heavy atom. The van der Waals surface area contributed by atoms with Crippen molar-refractivity contribution in [2.45, 2.75) is 13.2 Å². The predicted molar refractivity (Wildman–Crippen MR) is 44.5 cm³/mol. The number of rotatable bonds is 1. The highest BCUT2D eigenvalue weighted by molar-refractivity contribution is 6.48. The van der Waals surface area contributed by atoms with Crippen LogP contribution in [0.15, 0.2) is 18.2 Å². The van der Waals surface area contributed by atoms with E-state index in [1.165, 1.54) is 16.6 Å². The predicted octanol–water partition coefficient (Wildman–Crippen LogP) is -0.0800. The van der Waals surface area contributed by atoms with E-state index in [0.717, 1.165) is 0 Å². The summed E-state index contributed by atoms with van der Waals surface area (Å²) in [5, 5.41) is 0. The van der Waals surface area contributed by atoms with Crippen molar-refractivity contribution < 1.29 is 4.65 Å². The van der Waals surface area contributed by atoms with Gasteiger partial charge in [0.2, 0.25) is 0 Å². The molecule has 0 amide bonds. The molecule has 1 aromatic rings. The zero-order valence-corrected chi connectivity index (χ0v) is 6.21. The summed E-state index contributed by atoms with van der Waals surface area (Å²) in [4.78, 5) is 0. The van der Waals surface area contributed by atoms with Crippen molar-refractivity contribution in [2.24, 2.45) is 5.73 Å². The van der Waals surface area contributed by atoms with Gasteiger partial charge >= 0.3 is 7.48 Å². The summed E-state index contributed by atoms with van der Waals surface area (Å²) < 4.78 is 5.15. The molecule has 0 saturated heterocycles. The zero-order valence-electron chi connectivity index (χ0n) is 6.21. The maximum absolute atomic E-state index is 5.49. The number of nitrogens with two attached hydrogens (primary N) is 1. The number of benzene rings is 1. The lowest BCUT2D eigenvalue weighted by atomic mass is 9.87. The fraction of sp³-hybridized carbons (Fsp3) is 0.250. The smallest absolute Gasteiger partial charge is 0.330 e. The highest BCUT2D eigenvalue weighted by atomic mass is 16.4. The molecular formula is C8H9BNO. The fourth-order valence-electron chi connectivity index (χ4n) is 1.25. The Morgan fingerprint density at radius 2 is 2.45 bits per heavy atom. The molecule has 3 heteroatoms. The Hall–Kier alpha value is -0.795. The van der Waals surface area contributed by atoms with Crippen LogP contribution in [0.4, 0.5) is 0 Å². The third kappa shape index (κ3) is 1.17. The lowest BCUT2D eigenvalue weighted by Gasteiger charge is -1.99. The van der Waals surface area contributed by atoms with Crippen LogP contribution < -0.4 is 11.2 Å². The molecule has 0 bridgehead atoms. The van der Waals surface area contributed by atoms with Gasteiger partial charge in [0.25, 0.3) is 0 Å². The fourth-order valence-corrected chi connectivity index (χ4v) is 1.25. The van der Waals surface area contributed by atoms with E-state index in [1.54, 1.807) is 7.48 Å². The van der Waals surface area contributed by atoms with Gasteiger partial charge < -0.3 is 10.4 Å². The third-order valence-corrected chi connectivity index (χ3v) is 1.89. The molecule has 0 spiro atoms. The molecule has 1 aliphatic heterocycles. The molecule has 0 atom stereocenters. The molecule has 0 saturated carbocycles. The summed E-state index contributed by atoms with van der Waals surface area (Å²) in [5.41, 5.74) is 9.09. The van der Waals surface area contributed by atoms with Crippen molar-refractivity contribution >= 4 is 12.9 Å². The van der Waals surface area contributed by atoms with Crippen molar-refractivity contribution in [3.05, 3.63) is 29.3 Å². The molecule has 55 valence electrons. The molecule has 2 N–H and O–H groups in total. The maximum atomic E-state index is 5.49. The van der Waals surface area contributed by atoms with Crippen molar-refractivity contribution in [2.75, 3.05) is 0 Å². The number of hydrogen-bond donors (Lipinski definition) is 1. The van der Waals surface area contributed by atoms with Gasteiger partial charge in [0.15, 0.2) is 0 Å².